The molecule has 0 saturated heterocycles. The Hall–Kier alpha value is -0.750. The number of nitrogens with two attached hydrogens (primary N) is 1. The van der Waals surface area contributed by atoms with Gasteiger partial charge >= 0.3 is 0 Å². The Morgan fingerprint density at radius 3 is 2.65 bits per heavy atom. The molecule has 0 aliphatic rings. The van der Waals surface area contributed by atoms with Crippen LogP contribution in [0.5, 0.6) is 0 Å². The lowest BCUT2D eigenvalue weighted by Gasteiger charge is -2.14. The van der Waals surface area contributed by atoms with Crippen molar-refractivity contribution in [2.75, 3.05) is 11.5 Å². The number of nitrogens with one attached hydrogen (secondary N) is 1. The van der Waals surface area contributed by atoms with E-state index in [1.165, 1.54) is 29.5 Å². The molecule has 114 valence electrons. The van der Waals surface area contributed by atoms with Gasteiger partial charge < -0.3 is 11.1 Å². The smallest absolute Gasteiger partial charge is 0.230 e. The van der Waals surface area contributed by atoms with Crippen molar-refractivity contribution in [2.45, 2.75) is 57.2 Å². The lowest BCUT2D eigenvalue weighted by Crippen LogP contribution is -2.33. The molecule has 0 bridgehead atoms. The Morgan fingerprint density at radius 2 is 2.10 bits per heavy atom. The third kappa shape index (κ3) is 6.61. The van der Waals surface area contributed by atoms with Crippen molar-refractivity contribution in [3.8, 4) is 0 Å². The second-order valence-electron chi connectivity index (χ2n) is 5.51. The Morgan fingerprint density at radius 1 is 1.40 bits per heavy atom. The molecule has 4 nitrogen and oxygen atoms in total. The van der Waals surface area contributed by atoms with Gasteiger partial charge in [0.05, 0.1) is 15.7 Å². The molecule has 0 aromatic carbocycles. The molecule has 1 heterocycles. The highest BCUT2D eigenvalue weighted by Crippen LogP contribution is 2.30. The van der Waals surface area contributed by atoms with Crippen LogP contribution in [0.15, 0.2) is 4.21 Å². The number of nitrogens with zero attached hydrogens (tertiary/aromatic N) is 1. The van der Waals surface area contributed by atoms with Gasteiger partial charge in [-0.15, -0.1) is 11.8 Å². The molecule has 1 rings (SSSR count). The first-order chi connectivity index (χ1) is 9.38. The monoisotopic (exact) mass is 315 g/mol. The van der Waals surface area contributed by atoms with E-state index in [2.05, 4.69) is 31.1 Å². The number of aromatic nitrogens is 1. The number of hydrogen-bond acceptors (Lipinski definition) is 5. The highest BCUT2D eigenvalue weighted by Gasteiger charge is 2.11. The molecule has 6 heteroatoms. The number of nitrogen functional groups attached to an aromatic ring is 1. The fourth-order valence-electron chi connectivity index (χ4n) is 1.89. The molecule has 1 aromatic heterocycles. The highest BCUT2D eigenvalue weighted by atomic mass is 32.2. The second-order valence-corrected chi connectivity index (χ2v) is 7.78. The van der Waals surface area contributed by atoms with Crippen molar-refractivity contribution < 1.29 is 4.79 Å². The molecule has 0 aliphatic carbocycles. The number of anilines is 1. The topological polar surface area (TPSA) is 68.0 Å². The van der Waals surface area contributed by atoms with Crippen LogP contribution in [0.4, 0.5) is 5.13 Å². The van der Waals surface area contributed by atoms with Gasteiger partial charge in [0.1, 0.15) is 0 Å². The molecular weight excluding hydrogens is 290 g/mol. The summed E-state index contributed by atoms with van der Waals surface area (Å²) in [6.45, 7) is 8.44. The maximum Gasteiger partial charge on any atom is 0.230 e. The van der Waals surface area contributed by atoms with E-state index in [1.54, 1.807) is 0 Å². The maximum atomic E-state index is 11.9. The van der Waals surface area contributed by atoms with Gasteiger partial charge in [-0.05, 0) is 26.2 Å². The zero-order chi connectivity index (χ0) is 15.1. The first-order valence-electron chi connectivity index (χ1n) is 7.03. The largest absolute Gasteiger partial charge is 0.375 e. The Kier molecular flexibility index (Phi) is 7.37. The summed E-state index contributed by atoms with van der Waals surface area (Å²) in [4.78, 5) is 16.0. The van der Waals surface area contributed by atoms with Crippen LogP contribution in [0.3, 0.4) is 0 Å². The van der Waals surface area contributed by atoms with Crippen LogP contribution in [-0.2, 0) is 4.79 Å². The van der Waals surface area contributed by atoms with Crippen LogP contribution in [0.25, 0.3) is 0 Å². The van der Waals surface area contributed by atoms with Crippen LogP contribution >= 0.6 is 23.1 Å². The molecule has 1 atom stereocenters. The standard InChI is InChI=1S/C14H25N3OS2/c1-9(2)6-5-7-10(3)16-12(18)8-19-13-11(4)17-14(15)20-13/h9-10H,5-8H2,1-4H3,(H2,15,17)(H,16,18). The van der Waals surface area contributed by atoms with Crippen LogP contribution < -0.4 is 11.1 Å². The molecule has 1 aromatic rings. The third-order valence-electron chi connectivity index (χ3n) is 2.93. The lowest BCUT2D eigenvalue weighted by molar-refractivity contribution is -0.119. The van der Waals surface area contributed by atoms with Crippen molar-refractivity contribution in [3.05, 3.63) is 5.69 Å². The average Bonchev–Trinajstić information content (AvgIpc) is 2.64. The van der Waals surface area contributed by atoms with Crippen molar-refractivity contribution in [1.82, 2.24) is 10.3 Å². The molecule has 1 amide bonds. The average molecular weight is 316 g/mol. The first kappa shape index (κ1) is 17.3. The molecule has 0 spiro atoms. The van der Waals surface area contributed by atoms with E-state index in [0.29, 0.717) is 10.9 Å². The summed E-state index contributed by atoms with van der Waals surface area (Å²) in [6, 6.07) is 0.245. The minimum atomic E-state index is 0.0819. The van der Waals surface area contributed by atoms with Crippen molar-refractivity contribution >= 4 is 34.1 Å². The van der Waals surface area contributed by atoms with E-state index < -0.39 is 0 Å². The molecule has 1 unspecified atom stereocenters. The van der Waals surface area contributed by atoms with E-state index >= 15 is 0 Å². The van der Waals surface area contributed by atoms with Gasteiger partial charge in [0.15, 0.2) is 5.13 Å². The highest BCUT2D eigenvalue weighted by molar-refractivity contribution is 8.01. The molecular formula is C14H25N3OS2. The van der Waals surface area contributed by atoms with Gasteiger partial charge in [-0.25, -0.2) is 4.98 Å². The number of thiazole rings is 1. The zero-order valence-corrected chi connectivity index (χ0v) is 14.4. The van der Waals surface area contributed by atoms with Crippen molar-refractivity contribution in [2.24, 2.45) is 5.92 Å². The predicted octanol–water partition coefficient (Wildman–Crippen LogP) is 3.46. The van der Waals surface area contributed by atoms with E-state index in [9.17, 15) is 4.79 Å². The minimum Gasteiger partial charge on any atom is -0.375 e. The lowest BCUT2D eigenvalue weighted by atomic mass is 10.0. The van der Waals surface area contributed by atoms with Crippen molar-refractivity contribution in [1.29, 1.82) is 0 Å². The van der Waals surface area contributed by atoms with E-state index in [0.717, 1.165) is 28.7 Å². The molecule has 20 heavy (non-hydrogen) atoms. The summed E-state index contributed by atoms with van der Waals surface area (Å²) < 4.78 is 1.03. The third-order valence-corrected chi connectivity index (χ3v) is 5.28. The number of thioether (sulfide) groups is 1. The fraction of sp³-hybridized carbons (Fsp3) is 0.714. The maximum absolute atomic E-state index is 11.9. The Labute approximate surface area is 129 Å². The second kappa shape index (κ2) is 8.52. The summed E-state index contributed by atoms with van der Waals surface area (Å²) in [5, 5.41) is 3.61. The number of carbonyl (C=O) groups is 1. The summed E-state index contributed by atoms with van der Waals surface area (Å²) in [5.74, 6) is 1.24. The fourth-order valence-corrected chi connectivity index (χ4v) is 3.72. The molecule has 0 radical (unpaired) electrons. The summed E-state index contributed by atoms with van der Waals surface area (Å²) >= 11 is 2.95. The number of rotatable bonds is 8. The van der Waals surface area contributed by atoms with E-state index in [-0.39, 0.29) is 11.9 Å². The number of amides is 1. The Balaban J connectivity index is 2.24. The van der Waals surface area contributed by atoms with E-state index in [1.807, 2.05) is 6.92 Å². The van der Waals surface area contributed by atoms with Gasteiger partial charge in [-0.3, -0.25) is 4.79 Å². The number of aryl methyl sites for hydroxylation is 1. The van der Waals surface area contributed by atoms with Gasteiger partial charge in [0.25, 0.3) is 0 Å². The normalized spacial score (nSPS) is 12.7. The van der Waals surface area contributed by atoms with Crippen LogP contribution in [0.2, 0.25) is 0 Å². The quantitative estimate of drug-likeness (QED) is 0.721. The van der Waals surface area contributed by atoms with E-state index in [4.69, 9.17) is 5.73 Å². The first-order valence-corrected chi connectivity index (χ1v) is 8.83. The molecule has 0 aliphatic heterocycles. The number of carbonyl (C=O) groups excluding carboxylic acids is 1. The minimum absolute atomic E-state index is 0.0819. The number of hydrogen-bond donors (Lipinski definition) is 2. The molecule has 0 fully saturated rings. The Bertz CT molecular complexity index is 432. The summed E-state index contributed by atoms with van der Waals surface area (Å²) in [7, 11) is 0. The predicted molar refractivity (Wildman–Crippen MR) is 88.3 cm³/mol. The van der Waals surface area contributed by atoms with Crippen LogP contribution in [0.1, 0.15) is 45.7 Å². The summed E-state index contributed by atoms with van der Waals surface area (Å²) in [6.07, 6.45) is 3.42. The van der Waals surface area contributed by atoms with Gasteiger partial charge in [-0.1, -0.05) is 38.0 Å². The van der Waals surface area contributed by atoms with Gasteiger partial charge in [-0.2, -0.15) is 0 Å². The molecule has 3 N–H and O–H groups in total. The molecule has 0 saturated carbocycles. The van der Waals surface area contributed by atoms with Gasteiger partial charge in [0.2, 0.25) is 5.91 Å². The van der Waals surface area contributed by atoms with Crippen LogP contribution in [0, 0.1) is 12.8 Å². The van der Waals surface area contributed by atoms with Gasteiger partial charge in [0, 0.05) is 6.04 Å². The van der Waals surface area contributed by atoms with Crippen LogP contribution in [-0.4, -0.2) is 22.7 Å². The SMILES string of the molecule is Cc1nc(N)sc1SCC(=O)NC(C)CCCC(C)C. The van der Waals surface area contributed by atoms with Crippen molar-refractivity contribution in [3.63, 3.8) is 0 Å². The summed E-state index contributed by atoms with van der Waals surface area (Å²) in [5.41, 5.74) is 6.55. The zero-order valence-electron chi connectivity index (χ0n) is 12.7.